The van der Waals surface area contributed by atoms with Crippen LogP contribution in [0.5, 0.6) is 0 Å². The Morgan fingerprint density at radius 2 is 1.93 bits per heavy atom. The zero-order valence-electron chi connectivity index (χ0n) is 16.1. The molecule has 6 heteroatoms. The molecule has 1 fully saturated rings. The lowest BCUT2D eigenvalue weighted by Gasteiger charge is -2.34. The molecule has 1 aliphatic rings. The third-order valence-electron chi connectivity index (χ3n) is 5.40. The van der Waals surface area contributed by atoms with Crippen molar-refractivity contribution >= 4 is 16.8 Å². The van der Waals surface area contributed by atoms with Gasteiger partial charge in [-0.2, -0.15) is 0 Å². The van der Waals surface area contributed by atoms with Gasteiger partial charge in [-0.05, 0) is 6.07 Å². The lowest BCUT2D eigenvalue weighted by atomic mass is 10.1. The summed E-state index contributed by atoms with van der Waals surface area (Å²) < 4.78 is 2.24. The average molecular weight is 365 g/mol. The smallest absolute Gasteiger partial charge is 0.256 e. The van der Waals surface area contributed by atoms with E-state index in [2.05, 4.69) is 39.5 Å². The number of imidazole rings is 1. The largest absolute Gasteiger partial charge is 0.360 e. The van der Waals surface area contributed by atoms with Crippen molar-refractivity contribution < 1.29 is 4.79 Å². The molecule has 3 aromatic rings. The first kappa shape index (κ1) is 17.8. The number of carbonyl (C=O) groups excluding carboxylic acids is 1. The standard InChI is InChI=1S/C21H27N5O/c1-16(2)20-22-7-8-25(20)12-9-24-10-13-26(14-11-24)21(27)18-15-23-19-6-4-3-5-17(18)19/h3-8,15-16,23H,9-14H2,1-2H3. The Balaban J connectivity index is 1.33. The normalized spacial score (nSPS) is 15.7. The maximum absolute atomic E-state index is 12.9. The SMILES string of the molecule is CC(C)c1nccn1CCN1CCN(C(=O)c2c[nH]c3ccccc23)CC1. The van der Waals surface area contributed by atoms with Crippen LogP contribution in [-0.2, 0) is 6.54 Å². The number of aromatic amines is 1. The van der Waals surface area contributed by atoms with Gasteiger partial charge in [0.05, 0.1) is 5.56 Å². The Labute approximate surface area is 159 Å². The number of hydrogen-bond donors (Lipinski definition) is 1. The zero-order chi connectivity index (χ0) is 18.8. The van der Waals surface area contributed by atoms with Gasteiger partial charge in [-0.25, -0.2) is 4.98 Å². The van der Waals surface area contributed by atoms with Gasteiger partial charge in [0.25, 0.3) is 5.91 Å². The summed E-state index contributed by atoms with van der Waals surface area (Å²) in [4.78, 5) is 25.0. The van der Waals surface area contributed by atoms with Crippen molar-refractivity contribution in [3.63, 3.8) is 0 Å². The number of benzene rings is 1. The molecular formula is C21H27N5O. The Bertz CT molecular complexity index is 917. The summed E-state index contributed by atoms with van der Waals surface area (Å²) in [5.74, 6) is 1.71. The van der Waals surface area contributed by atoms with E-state index in [0.717, 1.165) is 61.6 Å². The van der Waals surface area contributed by atoms with Crippen molar-refractivity contribution in [1.29, 1.82) is 0 Å². The van der Waals surface area contributed by atoms with Gasteiger partial charge in [-0.15, -0.1) is 0 Å². The van der Waals surface area contributed by atoms with E-state index in [-0.39, 0.29) is 5.91 Å². The number of aromatic nitrogens is 3. The van der Waals surface area contributed by atoms with Gasteiger partial charge in [0, 0.05) is 74.7 Å². The molecule has 6 nitrogen and oxygen atoms in total. The van der Waals surface area contributed by atoms with Gasteiger partial charge in [0.1, 0.15) is 5.82 Å². The van der Waals surface area contributed by atoms with Crippen molar-refractivity contribution in [2.45, 2.75) is 26.3 Å². The first-order valence-corrected chi connectivity index (χ1v) is 9.72. The van der Waals surface area contributed by atoms with Crippen LogP contribution in [0.2, 0.25) is 0 Å². The zero-order valence-corrected chi connectivity index (χ0v) is 16.1. The summed E-state index contributed by atoms with van der Waals surface area (Å²) in [6.45, 7) is 9.68. The number of amides is 1. The van der Waals surface area contributed by atoms with Crippen LogP contribution in [0.4, 0.5) is 0 Å². The second kappa shape index (κ2) is 7.56. The summed E-state index contributed by atoms with van der Waals surface area (Å²) >= 11 is 0. The third-order valence-corrected chi connectivity index (χ3v) is 5.40. The predicted octanol–water partition coefficient (Wildman–Crippen LogP) is 2.95. The quantitative estimate of drug-likeness (QED) is 0.756. The number of rotatable bonds is 5. The van der Waals surface area contributed by atoms with Gasteiger partial charge >= 0.3 is 0 Å². The minimum atomic E-state index is 0.129. The van der Waals surface area contributed by atoms with Gasteiger partial charge in [0.15, 0.2) is 0 Å². The average Bonchev–Trinajstić information content (AvgIpc) is 3.33. The highest BCUT2D eigenvalue weighted by Gasteiger charge is 2.24. The molecule has 1 aromatic carbocycles. The number of hydrogen-bond acceptors (Lipinski definition) is 3. The van der Waals surface area contributed by atoms with Crippen LogP contribution in [0.3, 0.4) is 0 Å². The van der Waals surface area contributed by atoms with E-state index in [4.69, 9.17) is 0 Å². The first-order chi connectivity index (χ1) is 13.1. The first-order valence-electron chi connectivity index (χ1n) is 9.72. The minimum Gasteiger partial charge on any atom is -0.360 e. The molecule has 0 atom stereocenters. The number of nitrogens with one attached hydrogen (secondary N) is 1. The molecule has 1 N–H and O–H groups in total. The highest BCUT2D eigenvalue weighted by Crippen LogP contribution is 2.20. The van der Waals surface area contributed by atoms with E-state index in [0.29, 0.717) is 5.92 Å². The fourth-order valence-electron chi connectivity index (χ4n) is 3.85. The Morgan fingerprint density at radius 3 is 2.70 bits per heavy atom. The van der Waals surface area contributed by atoms with Crippen LogP contribution in [0.25, 0.3) is 10.9 Å². The van der Waals surface area contributed by atoms with Crippen molar-refractivity contribution in [2.75, 3.05) is 32.7 Å². The van der Waals surface area contributed by atoms with Gasteiger partial charge < -0.3 is 14.5 Å². The molecule has 0 aliphatic carbocycles. The van der Waals surface area contributed by atoms with Gasteiger partial charge in [-0.3, -0.25) is 9.69 Å². The van der Waals surface area contributed by atoms with Gasteiger partial charge in [-0.1, -0.05) is 32.0 Å². The number of carbonyl (C=O) groups is 1. The molecule has 0 saturated carbocycles. The molecule has 27 heavy (non-hydrogen) atoms. The molecule has 2 aromatic heterocycles. The molecule has 0 radical (unpaired) electrons. The second-order valence-electron chi connectivity index (χ2n) is 7.52. The second-order valence-corrected chi connectivity index (χ2v) is 7.52. The van der Waals surface area contributed by atoms with Crippen LogP contribution in [0.15, 0.2) is 42.9 Å². The monoisotopic (exact) mass is 365 g/mol. The Morgan fingerprint density at radius 1 is 1.15 bits per heavy atom. The lowest BCUT2D eigenvalue weighted by molar-refractivity contribution is 0.0635. The van der Waals surface area contributed by atoms with Crippen molar-refractivity contribution in [3.05, 3.63) is 54.2 Å². The summed E-state index contributed by atoms with van der Waals surface area (Å²) in [6, 6.07) is 7.97. The molecule has 0 spiro atoms. The van der Waals surface area contributed by atoms with E-state index in [9.17, 15) is 4.79 Å². The molecule has 3 heterocycles. The highest BCUT2D eigenvalue weighted by atomic mass is 16.2. The van der Waals surface area contributed by atoms with E-state index in [1.165, 1.54) is 0 Å². The summed E-state index contributed by atoms with van der Waals surface area (Å²) in [5, 5.41) is 1.01. The number of nitrogens with zero attached hydrogens (tertiary/aromatic N) is 4. The summed E-state index contributed by atoms with van der Waals surface area (Å²) in [7, 11) is 0. The van der Waals surface area contributed by atoms with Crippen LogP contribution in [0, 0.1) is 0 Å². The summed E-state index contributed by atoms with van der Waals surface area (Å²) in [6.07, 6.45) is 5.78. The molecule has 0 unspecified atom stereocenters. The lowest BCUT2D eigenvalue weighted by Crippen LogP contribution is -2.49. The fraction of sp³-hybridized carbons (Fsp3) is 0.429. The molecule has 1 saturated heterocycles. The predicted molar refractivity (Wildman–Crippen MR) is 107 cm³/mol. The van der Waals surface area contributed by atoms with Crippen molar-refractivity contribution in [2.24, 2.45) is 0 Å². The number of para-hydroxylation sites is 1. The number of H-pyrrole nitrogens is 1. The molecular weight excluding hydrogens is 338 g/mol. The maximum atomic E-state index is 12.9. The van der Waals surface area contributed by atoms with Gasteiger partial charge in [0.2, 0.25) is 0 Å². The third kappa shape index (κ3) is 3.62. The summed E-state index contributed by atoms with van der Waals surface area (Å²) in [5.41, 5.74) is 1.79. The Kier molecular flexibility index (Phi) is 4.99. The number of fused-ring (bicyclic) bond motifs is 1. The molecule has 0 bridgehead atoms. The van der Waals surface area contributed by atoms with E-state index in [1.807, 2.05) is 41.6 Å². The topological polar surface area (TPSA) is 57.2 Å². The van der Waals surface area contributed by atoms with Crippen LogP contribution in [-0.4, -0.2) is 63.0 Å². The fourth-order valence-corrected chi connectivity index (χ4v) is 3.85. The molecule has 1 amide bonds. The van der Waals surface area contributed by atoms with Crippen LogP contribution in [0.1, 0.15) is 35.9 Å². The van der Waals surface area contributed by atoms with Crippen LogP contribution >= 0.6 is 0 Å². The van der Waals surface area contributed by atoms with E-state index < -0.39 is 0 Å². The molecule has 1 aliphatic heterocycles. The Hall–Kier alpha value is -2.60. The molecule has 4 rings (SSSR count). The van der Waals surface area contributed by atoms with Crippen molar-refractivity contribution in [1.82, 2.24) is 24.3 Å². The highest BCUT2D eigenvalue weighted by molar-refractivity contribution is 6.06. The van der Waals surface area contributed by atoms with E-state index in [1.54, 1.807) is 0 Å². The minimum absolute atomic E-state index is 0.129. The van der Waals surface area contributed by atoms with Crippen LogP contribution < -0.4 is 0 Å². The van der Waals surface area contributed by atoms with E-state index >= 15 is 0 Å². The maximum Gasteiger partial charge on any atom is 0.256 e. The number of piperazine rings is 1. The molecule has 142 valence electrons. The van der Waals surface area contributed by atoms with Crippen molar-refractivity contribution in [3.8, 4) is 0 Å².